The Morgan fingerprint density at radius 3 is 2.60 bits per heavy atom. The fourth-order valence-corrected chi connectivity index (χ4v) is 4.96. The molecule has 6 nitrogen and oxygen atoms in total. The molecule has 0 aliphatic carbocycles. The summed E-state index contributed by atoms with van der Waals surface area (Å²) in [5, 5.41) is 10.5. The lowest BCUT2D eigenvalue weighted by Crippen LogP contribution is -2.36. The molecule has 2 rings (SSSR count). The lowest BCUT2D eigenvalue weighted by molar-refractivity contribution is 0.523. The summed E-state index contributed by atoms with van der Waals surface area (Å²) in [7, 11) is -0.295. The Balaban J connectivity index is 0.00000312. The summed E-state index contributed by atoms with van der Waals surface area (Å²) >= 11 is 2.92. The molecule has 0 saturated carbocycles. The highest BCUT2D eigenvalue weighted by atomic mass is 127. The monoisotopic (exact) mass is 514 g/mol. The second kappa shape index (κ2) is 10.5. The van der Waals surface area contributed by atoms with Crippen LogP contribution in [0.25, 0.3) is 0 Å². The van der Waals surface area contributed by atoms with Crippen LogP contribution in [-0.4, -0.2) is 39.3 Å². The van der Waals surface area contributed by atoms with Crippen molar-refractivity contribution in [1.29, 1.82) is 0 Å². The van der Waals surface area contributed by atoms with Crippen molar-refractivity contribution in [2.45, 2.75) is 24.2 Å². The highest BCUT2D eigenvalue weighted by Crippen LogP contribution is 2.23. The molecule has 0 atom stereocenters. The van der Waals surface area contributed by atoms with Crippen LogP contribution in [-0.2, 0) is 23.1 Å². The van der Waals surface area contributed by atoms with E-state index in [0.29, 0.717) is 23.3 Å². The molecule has 2 aromatic heterocycles. The van der Waals surface area contributed by atoms with Crippen LogP contribution < -0.4 is 10.6 Å². The molecular formula is C15H23IN4O2S3. The van der Waals surface area contributed by atoms with Gasteiger partial charge in [0, 0.05) is 25.5 Å². The molecule has 0 bridgehead atoms. The third-order valence-corrected chi connectivity index (χ3v) is 7.25. The number of halogens is 1. The summed E-state index contributed by atoms with van der Waals surface area (Å²) in [6, 6.07) is 5.53. The van der Waals surface area contributed by atoms with E-state index in [-0.39, 0.29) is 24.0 Å². The molecule has 0 amide bonds. The number of rotatable bonds is 7. The number of sulfonamides is 1. The molecule has 0 saturated heterocycles. The van der Waals surface area contributed by atoms with E-state index in [1.807, 2.05) is 18.4 Å². The van der Waals surface area contributed by atoms with E-state index in [1.54, 1.807) is 17.4 Å². The standard InChI is InChI=1S/C15H22N4O2S3.HI/c1-4-16-15(17-9-12-7-8-22-11-12)18-10-13-5-6-14(23-13)24(20,21)19(2)3;/h5-8,11H,4,9-10H2,1-3H3,(H2,16,17,18);1H. The SMILES string of the molecule is CCNC(=NCc1ccsc1)NCc1ccc(S(=O)(=O)N(C)C)s1.I. The first-order valence-corrected chi connectivity index (χ1v) is 10.7. The Labute approximate surface area is 174 Å². The summed E-state index contributed by atoms with van der Waals surface area (Å²) in [6.45, 7) is 3.92. The molecule has 0 spiro atoms. The number of hydrogen-bond acceptors (Lipinski definition) is 5. The molecule has 0 radical (unpaired) electrons. The first kappa shape index (κ1) is 22.4. The van der Waals surface area contributed by atoms with Gasteiger partial charge in [-0.05, 0) is 41.4 Å². The maximum Gasteiger partial charge on any atom is 0.252 e. The minimum absolute atomic E-state index is 0. The van der Waals surface area contributed by atoms with Crippen molar-refractivity contribution in [1.82, 2.24) is 14.9 Å². The number of aliphatic imine (C=N–C) groups is 1. The minimum atomic E-state index is -3.37. The molecule has 0 fully saturated rings. The number of nitrogens with zero attached hydrogens (tertiary/aromatic N) is 2. The summed E-state index contributed by atoms with van der Waals surface area (Å²) in [5.41, 5.74) is 1.17. The Bertz CT molecular complexity index is 771. The van der Waals surface area contributed by atoms with E-state index in [2.05, 4.69) is 27.1 Å². The van der Waals surface area contributed by atoms with Crippen LogP contribution in [0.1, 0.15) is 17.4 Å². The van der Waals surface area contributed by atoms with E-state index in [1.165, 1.54) is 35.3 Å². The maximum atomic E-state index is 12.1. The van der Waals surface area contributed by atoms with Crippen LogP contribution >= 0.6 is 46.7 Å². The van der Waals surface area contributed by atoms with Gasteiger partial charge in [-0.15, -0.1) is 35.3 Å². The van der Waals surface area contributed by atoms with Gasteiger partial charge in [-0.3, -0.25) is 0 Å². The normalized spacial score (nSPS) is 12.1. The molecule has 0 unspecified atom stereocenters. The van der Waals surface area contributed by atoms with Crippen molar-refractivity contribution in [3.05, 3.63) is 39.4 Å². The molecule has 2 N–H and O–H groups in total. The quantitative estimate of drug-likeness (QED) is 0.339. The average Bonchev–Trinajstić information content (AvgIpc) is 3.21. The Hall–Kier alpha value is -0.690. The van der Waals surface area contributed by atoms with Gasteiger partial charge >= 0.3 is 0 Å². The lowest BCUT2D eigenvalue weighted by atomic mass is 10.3. The molecule has 2 heterocycles. The first-order chi connectivity index (χ1) is 11.4. The minimum Gasteiger partial charge on any atom is -0.357 e. The Morgan fingerprint density at radius 2 is 2.00 bits per heavy atom. The molecular weight excluding hydrogens is 491 g/mol. The van der Waals surface area contributed by atoms with E-state index in [4.69, 9.17) is 0 Å². The maximum absolute atomic E-state index is 12.1. The highest BCUT2D eigenvalue weighted by Gasteiger charge is 2.19. The van der Waals surface area contributed by atoms with Crippen LogP contribution in [0.2, 0.25) is 0 Å². The van der Waals surface area contributed by atoms with Gasteiger partial charge in [0.15, 0.2) is 5.96 Å². The van der Waals surface area contributed by atoms with Crippen LogP contribution in [0.15, 0.2) is 38.2 Å². The topological polar surface area (TPSA) is 73.8 Å². The molecule has 10 heteroatoms. The van der Waals surface area contributed by atoms with Gasteiger partial charge in [0.25, 0.3) is 10.0 Å². The second-order valence-corrected chi connectivity index (χ2v) is 9.52. The predicted molar refractivity (Wildman–Crippen MR) is 117 cm³/mol. The van der Waals surface area contributed by atoms with Crippen molar-refractivity contribution >= 4 is 62.6 Å². The van der Waals surface area contributed by atoms with Crippen molar-refractivity contribution in [2.24, 2.45) is 4.99 Å². The second-order valence-electron chi connectivity index (χ2n) is 5.19. The zero-order valence-corrected chi connectivity index (χ0v) is 19.1. The van der Waals surface area contributed by atoms with E-state index < -0.39 is 10.0 Å². The van der Waals surface area contributed by atoms with Crippen LogP contribution in [0, 0.1) is 0 Å². The largest absolute Gasteiger partial charge is 0.357 e. The zero-order valence-electron chi connectivity index (χ0n) is 14.4. The van der Waals surface area contributed by atoms with Gasteiger partial charge < -0.3 is 10.6 Å². The van der Waals surface area contributed by atoms with Crippen LogP contribution in [0.5, 0.6) is 0 Å². The average molecular weight is 514 g/mol. The lowest BCUT2D eigenvalue weighted by Gasteiger charge is -2.10. The summed E-state index contributed by atoms with van der Waals surface area (Å²) < 4.78 is 25.8. The first-order valence-electron chi connectivity index (χ1n) is 7.48. The van der Waals surface area contributed by atoms with Crippen molar-refractivity contribution in [3.8, 4) is 0 Å². The highest BCUT2D eigenvalue weighted by molar-refractivity contribution is 14.0. The van der Waals surface area contributed by atoms with Gasteiger partial charge in [-0.25, -0.2) is 17.7 Å². The fourth-order valence-electron chi connectivity index (χ4n) is 1.84. The molecule has 0 aliphatic rings. The van der Waals surface area contributed by atoms with Gasteiger partial charge in [-0.2, -0.15) is 11.3 Å². The van der Waals surface area contributed by atoms with Crippen LogP contribution in [0.3, 0.4) is 0 Å². The summed E-state index contributed by atoms with van der Waals surface area (Å²) in [6.07, 6.45) is 0. The molecule has 0 aromatic carbocycles. The third-order valence-electron chi connectivity index (χ3n) is 3.15. The van der Waals surface area contributed by atoms with Gasteiger partial charge in [0.05, 0.1) is 13.1 Å². The zero-order chi connectivity index (χ0) is 17.6. The number of nitrogens with one attached hydrogen (secondary N) is 2. The molecule has 2 aromatic rings. The number of guanidine groups is 1. The Morgan fingerprint density at radius 1 is 1.24 bits per heavy atom. The summed E-state index contributed by atoms with van der Waals surface area (Å²) in [4.78, 5) is 5.48. The fraction of sp³-hybridized carbons (Fsp3) is 0.400. The molecule has 0 aliphatic heterocycles. The van der Waals surface area contributed by atoms with E-state index in [0.717, 1.165) is 11.4 Å². The van der Waals surface area contributed by atoms with Gasteiger partial charge in [0.1, 0.15) is 4.21 Å². The van der Waals surface area contributed by atoms with Gasteiger partial charge in [0.2, 0.25) is 0 Å². The third kappa shape index (κ3) is 6.51. The number of hydrogen-bond donors (Lipinski definition) is 2. The Kier molecular flexibility index (Phi) is 9.35. The summed E-state index contributed by atoms with van der Waals surface area (Å²) in [5.74, 6) is 0.717. The van der Waals surface area contributed by atoms with Crippen molar-refractivity contribution in [2.75, 3.05) is 20.6 Å². The molecule has 25 heavy (non-hydrogen) atoms. The van der Waals surface area contributed by atoms with E-state index in [9.17, 15) is 8.42 Å². The van der Waals surface area contributed by atoms with Crippen LogP contribution in [0.4, 0.5) is 0 Å². The van der Waals surface area contributed by atoms with Gasteiger partial charge in [-0.1, -0.05) is 0 Å². The van der Waals surface area contributed by atoms with Crippen molar-refractivity contribution < 1.29 is 8.42 Å². The molecule has 140 valence electrons. The van der Waals surface area contributed by atoms with Crippen molar-refractivity contribution in [3.63, 3.8) is 0 Å². The smallest absolute Gasteiger partial charge is 0.252 e. The predicted octanol–water partition coefficient (Wildman–Crippen LogP) is 2.93. The number of thiophene rings is 2. The van der Waals surface area contributed by atoms with E-state index >= 15 is 0 Å².